The Balaban J connectivity index is 1.99. The highest BCUT2D eigenvalue weighted by atomic mass is 16.5. The van der Waals surface area contributed by atoms with Crippen LogP contribution in [0.1, 0.15) is 5.56 Å². The SMILES string of the molecule is CNc1cc(Oc2cccc3ccccc23)ccc1CO. The molecule has 0 spiro atoms. The van der Waals surface area contributed by atoms with E-state index in [2.05, 4.69) is 17.4 Å². The second kappa shape index (κ2) is 5.85. The topological polar surface area (TPSA) is 41.5 Å². The fourth-order valence-electron chi connectivity index (χ4n) is 2.40. The Labute approximate surface area is 123 Å². The Morgan fingerprint density at radius 2 is 1.81 bits per heavy atom. The molecule has 0 heterocycles. The first-order valence-corrected chi connectivity index (χ1v) is 6.89. The number of anilines is 1. The predicted octanol–water partition coefficient (Wildman–Crippen LogP) is 4.17. The van der Waals surface area contributed by atoms with Crippen molar-refractivity contribution in [3.05, 3.63) is 66.2 Å². The summed E-state index contributed by atoms with van der Waals surface area (Å²) >= 11 is 0. The first-order valence-electron chi connectivity index (χ1n) is 6.89. The first kappa shape index (κ1) is 13.5. The third-order valence-electron chi connectivity index (χ3n) is 3.50. The number of nitrogens with one attached hydrogen (secondary N) is 1. The highest BCUT2D eigenvalue weighted by Crippen LogP contribution is 2.31. The van der Waals surface area contributed by atoms with Crippen molar-refractivity contribution in [3.63, 3.8) is 0 Å². The zero-order valence-corrected chi connectivity index (χ0v) is 11.8. The van der Waals surface area contributed by atoms with Crippen molar-refractivity contribution >= 4 is 16.5 Å². The molecule has 3 rings (SSSR count). The molecule has 0 radical (unpaired) electrons. The van der Waals surface area contributed by atoms with Crippen LogP contribution < -0.4 is 10.1 Å². The summed E-state index contributed by atoms with van der Waals surface area (Å²) in [4.78, 5) is 0. The summed E-state index contributed by atoms with van der Waals surface area (Å²) in [6.45, 7) is 0.00468. The second-order valence-electron chi connectivity index (χ2n) is 4.81. The van der Waals surface area contributed by atoms with Crippen LogP contribution in [0.5, 0.6) is 11.5 Å². The maximum absolute atomic E-state index is 9.29. The molecule has 0 saturated carbocycles. The van der Waals surface area contributed by atoms with Gasteiger partial charge in [0.25, 0.3) is 0 Å². The van der Waals surface area contributed by atoms with Gasteiger partial charge in [-0.25, -0.2) is 0 Å². The molecule has 3 nitrogen and oxygen atoms in total. The van der Waals surface area contributed by atoms with Gasteiger partial charge in [-0.15, -0.1) is 0 Å². The van der Waals surface area contributed by atoms with Gasteiger partial charge >= 0.3 is 0 Å². The van der Waals surface area contributed by atoms with Crippen LogP contribution in [0, 0.1) is 0 Å². The summed E-state index contributed by atoms with van der Waals surface area (Å²) < 4.78 is 6.01. The molecule has 0 atom stereocenters. The molecule has 0 aromatic heterocycles. The van der Waals surface area contributed by atoms with E-state index >= 15 is 0 Å². The normalized spacial score (nSPS) is 10.6. The van der Waals surface area contributed by atoms with E-state index in [-0.39, 0.29) is 6.61 Å². The van der Waals surface area contributed by atoms with Crippen molar-refractivity contribution in [1.82, 2.24) is 0 Å². The van der Waals surface area contributed by atoms with Crippen LogP contribution in [0.2, 0.25) is 0 Å². The molecule has 0 amide bonds. The summed E-state index contributed by atoms with van der Waals surface area (Å²) in [5.74, 6) is 1.57. The molecule has 106 valence electrons. The molecule has 3 heteroatoms. The number of hydrogen-bond donors (Lipinski definition) is 2. The lowest BCUT2D eigenvalue weighted by Crippen LogP contribution is -1.96. The number of ether oxygens (including phenoxy) is 1. The minimum Gasteiger partial charge on any atom is -0.457 e. The summed E-state index contributed by atoms with van der Waals surface area (Å²) in [5.41, 5.74) is 1.72. The van der Waals surface area contributed by atoms with Crippen LogP contribution in [0.15, 0.2) is 60.7 Å². The third kappa shape index (κ3) is 2.69. The van der Waals surface area contributed by atoms with E-state index in [0.717, 1.165) is 33.5 Å². The largest absolute Gasteiger partial charge is 0.457 e. The van der Waals surface area contributed by atoms with Crippen molar-refractivity contribution in [3.8, 4) is 11.5 Å². The van der Waals surface area contributed by atoms with E-state index in [1.165, 1.54) is 0 Å². The monoisotopic (exact) mass is 279 g/mol. The molecule has 21 heavy (non-hydrogen) atoms. The van der Waals surface area contributed by atoms with Gasteiger partial charge < -0.3 is 15.2 Å². The van der Waals surface area contributed by atoms with Gasteiger partial charge in [-0.1, -0.05) is 42.5 Å². The maximum Gasteiger partial charge on any atom is 0.135 e. The second-order valence-corrected chi connectivity index (χ2v) is 4.81. The molecule has 0 fully saturated rings. The molecule has 0 bridgehead atoms. The van der Waals surface area contributed by atoms with Crippen LogP contribution in [-0.4, -0.2) is 12.2 Å². The number of hydrogen-bond acceptors (Lipinski definition) is 3. The molecular formula is C18H17NO2. The smallest absolute Gasteiger partial charge is 0.135 e. The summed E-state index contributed by atoms with van der Waals surface area (Å²) in [6.07, 6.45) is 0. The Morgan fingerprint density at radius 1 is 1.00 bits per heavy atom. The van der Waals surface area contributed by atoms with Gasteiger partial charge in [0.05, 0.1) is 6.61 Å². The summed E-state index contributed by atoms with van der Waals surface area (Å²) in [5, 5.41) is 14.6. The van der Waals surface area contributed by atoms with E-state index in [4.69, 9.17) is 4.74 Å². The van der Waals surface area contributed by atoms with Crippen LogP contribution in [0.4, 0.5) is 5.69 Å². The minimum atomic E-state index is 0.00468. The van der Waals surface area contributed by atoms with Gasteiger partial charge in [-0.3, -0.25) is 0 Å². The number of benzene rings is 3. The van der Waals surface area contributed by atoms with Gasteiger partial charge in [0, 0.05) is 29.8 Å². The fourth-order valence-corrected chi connectivity index (χ4v) is 2.40. The highest BCUT2D eigenvalue weighted by Gasteiger charge is 2.06. The Bertz CT molecular complexity index is 763. The lowest BCUT2D eigenvalue weighted by Gasteiger charge is -2.12. The predicted molar refractivity (Wildman–Crippen MR) is 85.9 cm³/mol. The number of rotatable bonds is 4. The van der Waals surface area contributed by atoms with Crippen LogP contribution in [-0.2, 0) is 6.61 Å². The van der Waals surface area contributed by atoms with Crippen molar-refractivity contribution in [2.75, 3.05) is 12.4 Å². The lowest BCUT2D eigenvalue weighted by molar-refractivity contribution is 0.282. The molecule has 0 unspecified atom stereocenters. The van der Waals surface area contributed by atoms with Crippen LogP contribution in [0.25, 0.3) is 10.8 Å². The molecule has 3 aromatic carbocycles. The van der Waals surface area contributed by atoms with Gasteiger partial charge in [0.2, 0.25) is 0 Å². The van der Waals surface area contributed by atoms with Crippen molar-refractivity contribution in [2.45, 2.75) is 6.61 Å². The molecule has 0 aliphatic heterocycles. The van der Waals surface area contributed by atoms with E-state index in [0.29, 0.717) is 0 Å². The molecule has 3 aromatic rings. The van der Waals surface area contributed by atoms with E-state index in [9.17, 15) is 5.11 Å². The van der Waals surface area contributed by atoms with Crippen molar-refractivity contribution < 1.29 is 9.84 Å². The third-order valence-corrected chi connectivity index (χ3v) is 3.50. The standard InChI is InChI=1S/C18H17NO2/c1-19-17-11-15(10-9-14(17)12-20)21-18-8-4-6-13-5-2-3-7-16(13)18/h2-11,19-20H,12H2,1H3. The average molecular weight is 279 g/mol. The van der Waals surface area contributed by atoms with Gasteiger partial charge in [-0.05, 0) is 17.5 Å². The first-order chi connectivity index (χ1) is 10.3. The quantitative estimate of drug-likeness (QED) is 0.753. The zero-order valence-electron chi connectivity index (χ0n) is 11.8. The summed E-state index contributed by atoms with van der Waals surface area (Å²) in [7, 11) is 1.83. The molecule has 0 aliphatic carbocycles. The highest BCUT2D eigenvalue weighted by molar-refractivity contribution is 5.88. The molecule has 0 saturated heterocycles. The van der Waals surface area contributed by atoms with E-state index in [1.54, 1.807) is 0 Å². The minimum absolute atomic E-state index is 0.00468. The van der Waals surface area contributed by atoms with E-state index in [1.807, 2.05) is 55.6 Å². The number of aliphatic hydroxyl groups is 1. The van der Waals surface area contributed by atoms with E-state index < -0.39 is 0 Å². The van der Waals surface area contributed by atoms with Crippen LogP contribution in [0.3, 0.4) is 0 Å². The molecule has 0 aliphatic rings. The molecule has 2 N–H and O–H groups in total. The van der Waals surface area contributed by atoms with Crippen molar-refractivity contribution in [2.24, 2.45) is 0 Å². The Morgan fingerprint density at radius 3 is 2.62 bits per heavy atom. The Kier molecular flexibility index (Phi) is 3.75. The maximum atomic E-state index is 9.29. The molecular weight excluding hydrogens is 262 g/mol. The lowest BCUT2D eigenvalue weighted by atomic mass is 10.1. The van der Waals surface area contributed by atoms with Gasteiger partial charge in [-0.2, -0.15) is 0 Å². The zero-order chi connectivity index (χ0) is 14.7. The van der Waals surface area contributed by atoms with Crippen molar-refractivity contribution in [1.29, 1.82) is 0 Å². The fraction of sp³-hybridized carbons (Fsp3) is 0.111. The van der Waals surface area contributed by atoms with Gasteiger partial charge in [0.15, 0.2) is 0 Å². The number of fused-ring (bicyclic) bond motifs is 1. The summed E-state index contributed by atoms with van der Waals surface area (Å²) in [6, 6.07) is 19.8. The average Bonchev–Trinajstić information content (AvgIpc) is 2.55. The Hall–Kier alpha value is -2.52. The van der Waals surface area contributed by atoms with Crippen LogP contribution >= 0.6 is 0 Å². The van der Waals surface area contributed by atoms with Gasteiger partial charge in [0.1, 0.15) is 11.5 Å². The number of aliphatic hydroxyl groups excluding tert-OH is 1.